The number of nitrogens with zero attached hydrogens (tertiary/aromatic N) is 2. The first-order valence-electron chi connectivity index (χ1n) is 11.1. The molecule has 20 heteroatoms. The molecule has 244 valence electrons. The summed E-state index contributed by atoms with van der Waals surface area (Å²) in [7, 11) is 0. The Morgan fingerprint density at radius 2 is 0.609 bits per heavy atom. The lowest BCUT2D eigenvalue weighted by molar-refractivity contribution is 0.0677. The maximum atomic E-state index is 11.0. The lowest BCUT2D eigenvalue weighted by Gasteiger charge is -2.11. The summed E-state index contributed by atoms with van der Waals surface area (Å²) in [5.74, 6) is -4.68. The van der Waals surface area contributed by atoms with Gasteiger partial charge in [-0.3, -0.25) is 9.97 Å². The van der Waals surface area contributed by atoms with E-state index in [1.165, 1.54) is 0 Å². The predicted molar refractivity (Wildman–Crippen MR) is 206 cm³/mol. The van der Waals surface area contributed by atoms with Crippen LogP contribution < -0.4 is 0 Å². The topological polar surface area (TPSA) is 175 Å². The summed E-state index contributed by atoms with van der Waals surface area (Å²) in [6.07, 6.45) is 6.98. The molecule has 0 aliphatic rings. The largest absolute Gasteiger partial charge is 0.478 e. The summed E-state index contributed by atoms with van der Waals surface area (Å²) in [5.41, 5.74) is -0.208. The van der Waals surface area contributed by atoms with Gasteiger partial charge in [0.25, 0.3) is 0 Å². The third-order valence-electron chi connectivity index (χ3n) is 4.63. The SMILES string of the molecule is Brc1cccnc1.Brc1cccnc1.O=C(O)c1c(Br)c(Br)c(C(=O)O)c(Br)c1Br.O=C(O)c1c(Br)c(Br)c(C(=O)O)c(Br)c1Br. The van der Waals surface area contributed by atoms with E-state index in [1.807, 2.05) is 24.3 Å². The van der Waals surface area contributed by atoms with E-state index >= 15 is 0 Å². The summed E-state index contributed by atoms with van der Waals surface area (Å²) < 4.78 is 3.44. The summed E-state index contributed by atoms with van der Waals surface area (Å²) in [6, 6.07) is 7.63. The Morgan fingerprint density at radius 1 is 0.413 bits per heavy atom. The van der Waals surface area contributed by atoms with Crippen molar-refractivity contribution in [2.45, 2.75) is 0 Å². The first kappa shape index (κ1) is 43.4. The third-order valence-corrected chi connectivity index (χ3v) is 14.0. The molecule has 4 rings (SSSR count). The highest BCUT2D eigenvalue weighted by atomic mass is 79.9. The summed E-state index contributed by atoms with van der Waals surface area (Å²) >= 11 is 30.8. The summed E-state index contributed by atoms with van der Waals surface area (Å²) in [4.78, 5) is 51.6. The molecule has 0 saturated carbocycles. The number of carbonyl (C=O) groups is 4. The third kappa shape index (κ3) is 12.4. The van der Waals surface area contributed by atoms with Crippen molar-refractivity contribution in [3.63, 3.8) is 0 Å². The van der Waals surface area contributed by atoms with Gasteiger partial charge in [0.1, 0.15) is 0 Å². The molecule has 0 radical (unpaired) electrons. The molecule has 10 nitrogen and oxygen atoms in total. The van der Waals surface area contributed by atoms with E-state index in [-0.39, 0.29) is 58.0 Å². The van der Waals surface area contributed by atoms with Gasteiger partial charge in [-0.1, -0.05) is 0 Å². The van der Waals surface area contributed by atoms with Crippen molar-refractivity contribution in [1.82, 2.24) is 9.97 Å². The Balaban J connectivity index is 0.000000328. The van der Waals surface area contributed by atoms with Crippen LogP contribution in [0, 0.1) is 0 Å². The normalized spacial score (nSPS) is 9.78. The molecule has 4 N–H and O–H groups in total. The van der Waals surface area contributed by atoms with Gasteiger partial charge in [0.2, 0.25) is 0 Å². The van der Waals surface area contributed by atoms with Crippen molar-refractivity contribution in [2.24, 2.45) is 0 Å². The van der Waals surface area contributed by atoms with Gasteiger partial charge in [0, 0.05) is 69.5 Å². The van der Waals surface area contributed by atoms with E-state index in [1.54, 1.807) is 24.8 Å². The lowest BCUT2D eigenvalue weighted by Crippen LogP contribution is -2.07. The van der Waals surface area contributed by atoms with Gasteiger partial charge in [0.05, 0.1) is 22.3 Å². The monoisotopic (exact) mass is 1270 g/mol. The Hall–Kier alpha value is -0.580. The molecule has 0 amide bonds. The maximum Gasteiger partial charge on any atom is 0.338 e. The summed E-state index contributed by atoms with van der Waals surface area (Å²) in [6.45, 7) is 0. The van der Waals surface area contributed by atoms with E-state index in [2.05, 4.69) is 169 Å². The Morgan fingerprint density at radius 3 is 0.696 bits per heavy atom. The van der Waals surface area contributed by atoms with Gasteiger partial charge in [-0.05, 0) is 184 Å². The van der Waals surface area contributed by atoms with Crippen LogP contribution in [0.25, 0.3) is 0 Å². The molecule has 0 unspecified atom stereocenters. The zero-order valence-corrected chi connectivity index (χ0v) is 37.6. The number of benzene rings is 2. The fraction of sp³-hybridized carbons (Fsp3) is 0. The van der Waals surface area contributed by atoms with Gasteiger partial charge in [-0.15, -0.1) is 0 Å². The number of carboxylic acids is 4. The first-order valence-corrected chi connectivity index (χ1v) is 19.1. The molecule has 46 heavy (non-hydrogen) atoms. The molecule has 2 aromatic heterocycles. The lowest BCUT2D eigenvalue weighted by atomic mass is 10.1. The molecule has 0 atom stereocenters. The Kier molecular flexibility index (Phi) is 19.7. The molecular weight excluding hydrogens is 1270 g/mol. The number of hydrogen-bond donors (Lipinski definition) is 4. The molecule has 2 heterocycles. The second-order valence-corrected chi connectivity index (χ2v) is 15.8. The number of aromatic carboxylic acids is 4. The average molecular weight is 1280 g/mol. The van der Waals surface area contributed by atoms with Crippen LogP contribution in [0.5, 0.6) is 0 Å². The first-order chi connectivity index (χ1) is 21.4. The number of rotatable bonds is 4. The zero-order chi connectivity index (χ0) is 35.5. The maximum absolute atomic E-state index is 11.0. The number of halogens is 10. The highest BCUT2D eigenvalue weighted by molar-refractivity contribution is 9.14. The molecule has 2 aromatic carbocycles. The van der Waals surface area contributed by atoms with Gasteiger partial charge in [0.15, 0.2) is 0 Å². The summed E-state index contributed by atoms with van der Waals surface area (Å²) in [5, 5.41) is 35.9. The molecule has 0 saturated heterocycles. The van der Waals surface area contributed by atoms with Gasteiger partial charge >= 0.3 is 23.9 Å². The van der Waals surface area contributed by atoms with Crippen molar-refractivity contribution >= 4 is 183 Å². The number of carboxylic acid groups (broad SMARTS) is 4. The van der Waals surface area contributed by atoms with Crippen molar-refractivity contribution < 1.29 is 39.6 Å². The van der Waals surface area contributed by atoms with E-state index < -0.39 is 23.9 Å². The average Bonchev–Trinajstić information content (AvgIpc) is 2.97. The Bertz CT molecular complexity index is 1480. The highest BCUT2D eigenvalue weighted by Gasteiger charge is 2.27. The molecule has 0 fully saturated rings. The molecular formula is C26H12Br10N2O8. The second-order valence-electron chi connectivity index (χ2n) is 7.57. The second kappa shape index (κ2) is 20.8. The van der Waals surface area contributed by atoms with E-state index in [4.69, 9.17) is 20.4 Å². The van der Waals surface area contributed by atoms with Crippen LogP contribution in [0.4, 0.5) is 0 Å². The van der Waals surface area contributed by atoms with Crippen LogP contribution in [-0.4, -0.2) is 54.3 Å². The minimum absolute atomic E-state index is 0.0521. The molecule has 0 spiro atoms. The van der Waals surface area contributed by atoms with E-state index in [0.717, 1.165) is 8.95 Å². The van der Waals surface area contributed by atoms with Crippen LogP contribution in [0.15, 0.2) is 93.8 Å². The van der Waals surface area contributed by atoms with Crippen molar-refractivity contribution in [1.29, 1.82) is 0 Å². The minimum atomic E-state index is -1.17. The number of aromatic nitrogens is 2. The van der Waals surface area contributed by atoms with E-state index in [0.29, 0.717) is 0 Å². The van der Waals surface area contributed by atoms with Crippen molar-refractivity contribution in [3.05, 3.63) is 116 Å². The molecule has 4 aromatic rings. The predicted octanol–water partition coefficient (Wildman–Crippen LogP) is 12.0. The zero-order valence-electron chi connectivity index (χ0n) is 21.7. The van der Waals surface area contributed by atoms with Crippen LogP contribution in [-0.2, 0) is 0 Å². The van der Waals surface area contributed by atoms with Crippen molar-refractivity contribution in [3.8, 4) is 0 Å². The minimum Gasteiger partial charge on any atom is -0.478 e. The van der Waals surface area contributed by atoms with Crippen LogP contribution in [0.2, 0.25) is 0 Å². The van der Waals surface area contributed by atoms with Gasteiger partial charge in [-0.25, -0.2) is 19.2 Å². The smallest absolute Gasteiger partial charge is 0.338 e. The van der Waals surface area contributed by atoms with E-state index in [9.17, 15) is 19.2 Å². The van der Waals surface area contributed by atoms with Crippen LogP contribution in [0.1, 0.15) is 41.4 Å². The van der Waals surface area contributed by atoms with Gasteiger partial charge in [-0.2, -0.15) is 0 Å². The molecule has 0 aliphatic carbocycles. The van der Waals surface area contributed by atoms with Crippen molar-refractivity contribution in [2.75, 3.05) is 0 Å². The fourth-order valence-corrected chi connectivity index (χ4v) is 8.83. The molecule has 0 aliphatic heterocycles. The van der Waals surface area contributed by atoms with Crippen LogP contribution >= 0.6 is 159 Å². The Labute approximate surface area is 344 Å². The fourth-order valence-electron chi connectivity index (χ4n) is 2.70. The molecule has 0 bridgehead atoms. The number of pyridine rings is 2. The van der Waals surface area contributed by atoms with Gasteiger partial charge < -0.3 is 20.4 Å². The highest BCUT2D eigenvalue weighted by Crippen LogP contribution is 2.42. The quantitative estimate of drug-likeness (QED) is 0.144. The standard InChI is InChI=1S/2C8H2Br4O4.2C5H4BrN/c2*9-3-1(7(13)14)4(10)6(12)2(5(3)11)8(15)16;2*6-5-2-1-3-7-4-5/h2*(H,13,14)(H,15,16);2*1-4H. The van der Waals surface area contributed by atoms with Crippen LogP contribution in [0.3, 0.4) is 0 Å². The number of hydrogen-bond acceptors (Lipinski definition) is 6.